The average molecular weight is 1450 g/mol. The largest absolute Gasteiger partial charge is 0.497 e. The minimum atomic E-state index is -5.72. The molecular formula is C91H62F6O7S2. The standard InChI is InChI=1S/C91H62F6O7S2/c1-56-76(80-81(90(94,95)91(96,97)89(80,92)93)77-49-79(106-57(77)2)67-33-43-75(104-3)44-34-67)48-78(105-56)66-31-21-58(22-32-66)13-14-59-23-35-71(36-24-59)85-50-86(72-37-25-60(26-38-72)15-18-63-7-4-10-68(45-63)82(98)99)53-87(51-85,73-39-27-61(28-40-73)16-19-64-8-5-11-69(46-64)83(100)101)55-88(52-85,54-86)74-41-29-62(30-42-74)17-20-65-9-6-12-70(47-65)84(102)103/h4-12,21-49H,50-55H2,1-3H3,(H,98,99)(H,100,101)(H,102,103). The van der Waals surface area contributed by atoms with Crippen LogP contribution in [-0.2, 0) is 21.7 Å². The summed E-state index contributed by atoms with van der Waals surface area (Å²) < 4.78 is 101. The van der Waals surface area contributed by atoms with Crippen LogP contribution in [0.1, 0.15) is 157 Å². The van der Waals surface area contributed by atoms with Crippen LogP contribution in [0.25, 0.3) is 32.0 Å². The van der Waals surface area contributed by atoms with Crippen LogP contribution in [0.3, 0.4) is 0 Å². The minimum Gasteiger partial charge on any atom is -0.497 e. The third-order valence-electron chi connectivity index (χ3n) is 21.4. The van der Waals surface area contributed by atoms with Crippen molar-refractivity contribution in [1.29, 1.82) is 0 Å². The van der Waals surface area contributed by atoms with Gasteiger partial charge in [-0.1, -0.05) is 126 Å². The first kappa shape index (κ1) is 69.8. The van der Waals surface area contributed by atoms with Crippen molar-refractivity contribution >= 4 is 51.7 Å². The molecule has 3 N–H and O–H groups in total. The summed E-state index contributed by atoms with van der Waals surface area (Å²) in [6, 6.07) is 69.9. The lowest BCUT2D eigenvalue weighted by Crippen LogP contribution is -2.67. The quantitative estimate of drug-likeness (QED) is 0.0823. The zero-order chi connectivity index (χ0) is 74.1. The number of hydrogen-bond acceptors (Lipinski definition) is 6. The number of methoxy groups -OCH3 is 1. The van der Waals surface area contributed by atoms with E-state index in [4.69, 9.17) is 4.74 Å². The third kappa shape index (κ3) is 12.6. The highest BCUT2D eigenvalue weighted by Gasteiger charge is 2.80. The average Bonchev–Trinajstić information content (AvgIpc) is 0.812. The lowest BCUT2D eigenvalue weighted by atomic mass is 9.32. The van der Waals surface area contributed by atoms with E-state index in [1.54, 1.807) is 103 Å². The molecule has 522 valence electrons. The molecule has 4 fully saturated rings. The second-order valence-corrected chi connectivity index (χ2v) is 30.6. The Hall–Kier alpha value is -11.9. The van der Waals surface area contributed by atoms with Crippen molar-refractivity contribution in [1.82, 2.24) is 0 Å². The molecule has 4 saturated carbocycles. The normalized spacial score (nSPS) is 20.3. The van der Waals surface area contributed by atoms with E-state index < -0.39 is 68.5 Å². The summed E-state index contributed by atoms with van der Waals surface area (Å²) in [5, 5.41) is 29.1. The van der Waals surface area contributed by atoms with Crippen LogP contribution in [0.15, 0.2) is 231 Å². The molecule has 106 heavy (non-hydrogen) atoms. The van der Waals surface area contributed by atoms with Gasteiger partial charge in [0.1, 0.15) is 5.75 Å². The van der Waals surface area contributed by atoms with Gasteiger partial charge in [0.25, 0.3) is 0 Å². The number of alkyl halides is 6. The molecule has 9 aromatic carbocycles. The fourth-order valence-electron chi connectivity index (χ4n) is 16.9. The molecule has 0 radical (unpaired) electrons. The number of halogens is 6. The molecule has 0 unspecified atom stereocenters. The van der Waals surface area contributed by atoms with E-state index in [-0.39, 0.29) is 37.6 Å². The monoisotopic (exact) mass is 1440 g/mol. The number of thiophene rings is 2. The van der Waals surface area contributed by atoms with Gasteiger partial charge >= 0.3 is 35.7 Å². The predicted molar refractivity (Wildman–Crippen MR) is 401 cm³/mol. The number of benzene rings is 9. The Bertz CT molecular complexity index is 5370. The van der Waals surface area contributed by atoms with Gasteiger partial charge in [-0.05, 0) is 270 Å². The number of ether oxygens (including phenoxy) is 1. The third-order valence-corrected chi connectivity index (χ3v) is 23.6. The van der Waals surface area contributed by atoms with Gasteiger partial charge in [0.05, 0.1) is 23.8 Å². The highest BCUT2D eigenvalue weighted by molar-refractivity contribution is 7.16. The lowest BCUT2D eigenvalue weighted by molar-refractivity contribution is -0.254. The minimum absolute atomic E-state index is 0.147. The number of carboxylic acids is 3. The lowest BCUT2D eigenvalue weighted by Gasteiger charge is -2.71. The second kappa shape index (κ2) is 26.7. The molecule has 2 heterocycles. The summed E-state index contributed by atoms with van der Waals surface area (Å²) in [6.45, 7) is 2.93. The molecule has 0 spiro atoms. The van der Waals surface area contributed by atoms with E-state index in [0.717, 1.165) is 89.0 Å². The van der Waals surface area contributed by atoms with Crippen LogP contribution in [0.4, 0.5) is 26.3 Å². The number of allylic oxidation sites excluding steroid dienone is 2. The van der Waals surface area contributed by atoms with E-state index >= 15 is 26.3 Å². The summed E-state index contributed by atoms with van der Waals surface area (Å²) in [7, 11) is 1.49. The van der Waals surface area contributed by atoms with Gasteiger partial charge in [-0.2, -0.15) is 26.3 Å². The summed E-state index contributed by atoms with van der Waals surface area (Å²) in [5.74, 6) is 7.19. The topological polar surface area (TPSA) is 121 Å². The molecule has 2 aromatic heterocycles. The zero-order valence-corrected chi connectivity index (χ0v) is 58.9. The predicted octanol–water partition coefficient (Wildman–Crippen LogP) is 20.7. The molecule has 0 amide bonds. The molecular weight excluding hydrogens is 1380 g/mol. The van der Waals surface area contributed by atoms with Gasteiger partial charge < -0.3 is 20.1 Å². The summed E-state index contributed by atoms with van der Waals surface area (Å²) in [5.41, 5.74) is 6.50. The van der Waals surface area contributed by atoms with Crippen molar-refractivity contribution < 1.29 is 60.8 Å². The zero-order valence-electron chi connectivity index (χ0n) is 57.2. The van der Waals surface area contributed by atoms with Gasteiger partial charge in [0, 0.05) is 75.2 Å². The number of carbonyl (C=O) groups is 3. The fourth-order valence-corrected chi connectivity index (χ4v) is 19.0. The Morgan fingerprint density at radius 1 is 0.349 bits per heavy atom. The number of aromatic carboxylic acids is 3. The molecule has 5 aliphatic carbocycles. The fraction of sp³-hybridized carbons (Fsp3) is 0.176. The van der Waals surface area contributed by atoms with E-state index in [0.29, 0.717) is 48.9 Å². The Morgan fingerprint density at radius 2 is 0.604 bits per heavy atom. The van der Waals surface area contributed by atoms with E-state index in [9.17, 15) is 29.7 Å². The first-order chi connectivity index (χ1) is 50.8. The molecule has 7 nitrogen and oxygen atoms in total. The molecule has 11 aromatic rings. The van der Waals surface area contributed by atoms with Crippen molar-refractivity contribution in [3.05, 3.63) is 335 Å². The molecule has 5 aliphatic rings. The molecule has 0 atom stereocenters. The molecule has 16 rings (SSSR count). The molecule has 0 saturated heterocycles. The molecule has 4 bridgehead atoms. The van der Waals surface area contributed by atoms with Crippen molar-refractivity contribution in [3.8, 4) is 74.0 Å². The van der Waals surface area contributed by atoms with Gasteiger partial charge in [-0.3, -0.25) is 0 Å². The number of rotatable bonds is 12. The maximum atomic E-state index is 16.3. The molecule has 0 aliphatic heterocycles. The van der Waals surface area contributed by atoms with E-state index in [1.807, 2.05) is 48.5 Å². The highest BCUT2D eigenvalue weighted by Crippen LogP contribution is 2.75. The second-order valence-electron chi connectivity index (χ2n) is 28.1. The van der Waals surface area contributed by atoms with Gasteiger partial charge in [-0.25, -0.2) is 14.4 Å². The number of aryl methyl sites for hydroxylation is 2. The van der Waals surface area contributed by atoms with Crippen LogP contribution < -0.4 is 4.74 Å². The smallest absolute Gasteiger partial charge is 0.380 e. The Balaban J connectivity index is 0.777. The van der Waals surface area contributed by atoms with Crippen molar-refractivity contribution in [2.24, 2.45) is 0 Å². The SMILES string of the molecule is COc1ccc(-c2cc(C3=C(c4cc(-c5ccc(C#Cc6ccc(C78CC9(c%10ccc(C#Cc%11cccc(C(=O)O)c%11)cc%10)CC(c%10ccc(C#Cc%11cccc(C(=O)O)c%11)cc%10)(C7)CC(c7ccc(C#Cc%10cccc(C(=O)O)c%10)cc7)(C8)C9)cc6)cc5)sc4C)C(F)(F)C(F)(F)C3(F)F)c(C)s2)cc1. The summed E-state index contributed by atoms with van der Waals surface area (Å²) >= 11 is 2.09. The maximum absolute atomic E-state index is 16.3. The van der Waals surface area contributed by atoms with Crippen LogP contribution in [0.2, 0.25) is 0 Å². The van der Waals surface area contributed by atoms with Crippen LogP contribution in [0.5, 0.6) is 5.75 Å². The van der Waals surface area contributed by atoms with Gasteiger partial charge in [-0.15, -0.1) is 22.7 Å². The first-order valence-electron chi connectivity index (χ1n) is 34.1. The Labute approximate surface area is 616 Å². The Kier molecular flexibility index (Phi) is 17.6. The van der Waals surface area contributed by atoms with Crippen molar-refractivity contribution in [3.63, 3.8) is 0 Å². The maximum Gasteiger partial charge on any atom is 0.380 e. The van der Waals surface area contributed by atoms with E-state index in [2.05, 4.69) is 95.9 Å². The van der Waals surface area contributed by atoms with Crippen LogP contribution >= 0.6 is 22.7 Å². The number of hydrogen-bond donors (Lipinski definition) is 3. The van der Waals surface area contributed by atoms with Crippen LogP contribution in [0, 0.1) is 61.2 Å². The highest BCUT2D eigenvalue weighted by atomic mass is 32.1. The summed E-state index contributed by atoms with van der Waals surface area (Å²) in [4.78, 5) is 36.7. The number of carboxylic acid groups (broad SMARTS) is 3. The van der Waals surface area contributed by atoms with Gasteiger partial charge in [0.15, 0.2) is 0 Å². The van der Waals surface area contributed by atoms with Gasteiger partial charge in [0.2, 0.25) is 0 Å². The first-order valence-corrected chi connectivity index (χ1v) is 35.8. The Morgan fingerprint density at radius 3 is 0.868 bits per heavy atom. The summed E-state index contributed by atoms with van der Waals surface area (Å²) in [6.07, 6.45) is 4.93. The van der Waals surface area contributed by atoms with E-state index in [1.165, 1.54) is 68.0 Å². The molecule has 15 heteroatoms. The van der Waals surface area contributed by atoms with Crippen molar-refractivity contribution in [2.45, 2.75) is 91.8 Å². The van der Waals surface area contributed by atoms with Crippen LogP contribution in [-0.4, -0.2) is 58.1 Å². The van der Waals surface area contributed by atoms with Crippen molar-refractivity contribution in [2.75, 3.05) is 7.11 Å².